The molecule has 0 unspecified atom stereocenters. The van der Waals surface area contributed by atoms with E-state index in [-0.39, 0.29) is 23.4 Å². The number of carbonyl (C=O) groups is 2. The first-order valence-electron chi connectivity index (χ1n) is 7.56. The van der Waals surface area contributed by atoms with Crippen LogP contribution in [0.1, 0.15) is 58.5 Å². The molecule has 0 aliphatic heterocycles. The lowest BCUT2D eigenvalue weighted by Crippen LogP contribution is -2.16. The summed E-state index contributed by atoms with van der Waals surface area (Å²) in [5.74, 6) is -0.129. The van der Waals surface area contributed by atoms with E-state index in [2.05, 4.69) is 5.32 Å². The predicted octanol–water partition coefficient (Wildman–Crippen LogP) is 4.28. The van der Waals surface area contributed by atoms with Gasteiger partial charge in [0.2, 0.25) is 0 Å². The third-order valence-electron chi connectivity index (χ3n) is 3.79. The van der Waals surface area contributed by atoms with Crippen molar-refractivity contribution in [2.45, 2.75) is 33.6 Å². The molecule has 0 atom stereocenters. The molecule has 1 amide bonds. The SMILES string of the molecule is CC(=O)c1ccccc1C(=O)Nc1cc(C(C)C)c(O)cc1C. The van der Waals surface area contributed by atoms with E-state index in [4.69, 9.17) is 0 Å². The molecule has 0 fully saturated rings. The van der Waals surface area contributed by atoms with Gasteiger partial charge in [-0.3, -0.25) is 9.59 Å². The minimum absolute atomic E-state index is 0.135. The number of carbonyl (C=O) groups excluding carboxylic acids is 2. The second-order valence-electron chi connectivity index (χ2n) is 5.94. The molecule has 0 heterocycles. The van der Waals surface area contributed by atoms with E-state index in [1.165, 1.54) is 6.92 Å². The molecule has 0 aliphatic rings. The number of aromatic hydroxyl groups is 1. The summed E-state index contributed by atoms with van der Waals surface area (Å²) in [6, 6.07) is 10.2. The van der Waals surface area contributed by atoms with Crippen LogP contribution in [-0.2, 0) is 0 Å². The van der Waals surface area contributed by atoms with Crippen molar-refractivity contribution in [2.75, 3.05) is 5.32 Å². The Hall–Kier alpha value is -2.62. The summed E-state index contributed by atoms with van der Waals surface area (Å²) >= 11 is 0. The van der Waals surface area contributed by atoms with Crippen molar-refractivity contribution in [1.29, 1.82) is 0 Å². The van der Waals surface area contributed by atoms with Crippen molar-refractivity contribution >= 4 is 17.4 Å². The fourth-order valence-electron chi connectivity index (χ4n) is 2.48. The Morgan fingerprint density at radius 2 is 1.70 bits per heavy atom. The Morgan fingerprint density at radius 3 is 2.26 bits per heavy atom. The molecule has 2 aromatic carbocycles. The summed E-state index contributed by atoms with van der Waals surface area (Å²) in [6.45, 7) is 7.20. The molecule has 2 N–H and O–H groups in total. The van der Waals surface area contributed by atoms with E-state index >= 15 is 0 Å². The van der Waals surface area contributed by atoms with Gasteiger partial charge in [-0.25, -0.2) is 0 Å². The first kappa shape index (κ1) is 16.7. The maximum atomic E-state index is 12.5. The second-order valence-corrected chi connectivity index (χ2v) is 5.94. The standard InChI is InChI=1S/C19H21NO3/c1-11(2)16-10-17(12(3)9-18(16)22)20-19(23)15-8-6-5-7-14(15)13(4)21/h5-11,22H,1-4H3,(H,20,23). The molecular weight excluding hydrogens is 290 g/mol. The van der Waals surface area contributed by atoms with Gasteiger partial charge < -0.3 is 10.4 Å². The molecule has 4 nitrogen and oxygen atoms in total. The van der Waals surface area contributed by atoms with E-state index in [9.17, 15) is 14.7 Å². The van der Waals surface area contributed by atoms with Crippen molar-refractivity contribution < 1.29 is 14.7 Å². The van der Waals surface area contributed by atoms with Gasteiger partial charge in [0, 0.05) is 11.3 Å². The first-order valence-corrected chi connectivity index (χ1v) is 7.56. The number of rotatable bonds is 4. The topological polar surface area (TPSA) is 66.4 Å². The van der Waals surface area contributed by atoms with Crippen LogP contribution in [0.15, 0.2) is 36.4 Å². The van der Waals surface area contributed by atoms with Gasteiger partial charge >= 0.3 is 0 Å². The third kappa shape index (κ3) is 3.59. The van der Waals surface area contributed by atoms with Gasteiger partial charge in [0.05, 0.1) is 5.56 Å². The highest BCUT2D eigenvalue weighted by molar-refractivity contribution is 6.12. The molecule has 120 valence electrons. The zero-order valence-electron chi connectivity index (χ0n) is 13.8. The predicted molar refractivity (Wildman–Crippen MR) is 91.3 cm³/mol. The average molecular weight is 311 g/mol. The van der Waals surface area contributed by atoms with Crippen molar-refractivity contribution in [3.63, 3.8) is 0 Å². The van der Waals surface area contributed by atoms with E-state index in [0.717, 1.165) is 11.1 Å². The smallest absolute Gasteiger partial charge is 0.256 e. The number of aryl methyl sites for hydroxylation is 1. The molecule has 2 rings (SSSR count). The van der Waals surface area contributed by atoms with Crippen LogP contribution in [0.4, 0.5) is 5.69 Å². The zero-order valence-corrected chi connectivity index (χ0v) is 13.8. The highest BCUT2D eigenvalue weighted by Gasteiger charge is 2.16. The van der Waals surface area contributed by atoms with E-state index in [1.54, 1.807) is 36.4 Å². The number of amides is 1. The molecule has 0 aromatic heterocycles. The van der Waals surface area contributed by atoms with Crippen LogP contribution < -0.4 is 5.32 Å². The van der Waals surface area contributed by atoms with Crippen LogP contribution in [0.5, 0.6) is 5.75 Å². The Balaban J connectivity index is 2.38. The molecule has 0 saturated carbocycles. The lowest BCUT2D eigenvalue weighted by Gasteiger charge is -2.15. The Bertz CT molecular complexity index is 763. The van der Waals surface area contributed by atoms with Crippen molar-refractivity contribution in [3.05, 3.63) is 58.7 Å². The zero-order chi connectivity index (χ0) is 17.1. The van der Waals surface area contributed by atoms with Crippen LogP contribution >= 0.6 is 0 Å². The summed E-state index contributed by atoms with van der Waals surface area (Å²) in [6.07, 6.45) is 0. The molecule has 4 heteroatoms. The van der Waals surface area contributed by atoms with E-state index in [0.29, 0.717) is 16.8 Å². The van der Waals surface area contributed by atoms with Gasteiger partial charge in [0.15, 0.2) is 5.78 Å². The minimum Gasteiger partial charge on any atom is -0.508 e. The van der Waals surface area contributed by atoms with Crippen molar-refractivity contribution in [3.8, 4) is 5.75 Å². The van der Waals surface area contributed by atoms with Crippen LogP contribution in [0.2, 0.25) is 0 Å². The van der Waals surface area contributed by atoms with Gasteiger partial charge in [-0.05, 0) is 49.1 Å². The average Bonchev–Trinajstić information content (AvgIpc) is 2.49. The number of phenolic OH excluding ortho intramolecular Hbond substituents is 1. The molecule has 23 heavy (non-hydrogen) atoms. The first-order chi connectivity index (χ1) is 10.8. The Kier molecular flexibility index (Phi) is 4.84. The fraction of sp³-hybridized carbons (Fsp3) is 0.263. The van der Waals surface area contributed by atoms with E-state index in [1.807, 2.05) is 20.8 Å². The molecular formula is C19H21NO3. The van der Waals surface area contributed by atoms with Gasteiger partial charge in [-0.1, -0.05) is 32.0 Å². The highest BCUT2D eigenvalue weighted by atomic mass is 16.3. The van der Waals surface area contributed by atoms with E-state index < -0.39 is 0 Å². The quantitative estimate of drug-likeness (QED) is 0.654. The monoisotopic (exact) mass is 311 g/mol. The maximum Gasteiger partial charge on any atom is 0.256 e. The van der Waals surface area contributed by atoms with Gasteiger partial charge in [0.1, 0.15) is 5.75 Å². The molecule has 0 bridgehead atoms. The number of ketones is 1. The summed E-state index contributed by atoms with van der Waals surface area (Å²) in [5.41, 5.74) is 2.91. The second kappa shape index (κ2) is 6.65. The summed E-state index contributed by atoms with van der Waals surface area (Å²) in [4.78, 5) is 24.2. The summed E-state index contributed by atoms with van der Waals surface area (Å²) in [7, 11) is 0. The lowest BCUT2D eigenvalue weighted by molar-refractivity contribution is 0.0985. The molecule has 0 saturated heterocycles. The summed E-state index contributed by atoms with van der Waals surface area (Å²) in [5, 5.41) is 12.8. The number of benzene rings is 2. The molecule has 0 radical (unpaired) electrons. The normalized spacial score (nSPS) is 10.7. The number of hydrogen-bond donors (Lipinski definition) is 2. The maximum absolute atomic E-state index is 12.5. The van der Waals surface area contributed by atoms with Gasteiger partial charge in [-0.15, -0.1) is 0 Å². The minimum atomic E-state index is -0.334. The highest BCUT2D eigenvalue weighted by Crippen LogP contribution is 2.31. The summed E-state index contributed by atoms with van der Waals surface area (Å²) < 4.78 is 0. The van der Waals surface area contributed by atoms with Crippen LogP contribution in [0.3, 0.4) is 0 Å². The van der Waals surface area contributed by atoms with Crippen LogP contribution in [-0.4, -0.2) is 16.8 Å². The number of nitrogens with one attached hydrogen (secondary N) is 1. The van der Waals surface area contributed by atoms with Crippen molar-refractivity contribution in [2.24, 2.45) is 0 Å². The number of anilines is 1. The molecule has 0 spiro atoms. The Morgan fingerprint density at radius 1 is 1.09 bits per heavy atom. The fourth-order valence-corrected chi connectivity index (χ4v) is 2.48. The van der Waals surface area contributed by atoms with Gasteiger partial charge in [-0.2, -0.15) is 0 Å². The number of Topliss-reactive ketones (excluding diaryl/α,β-unsaturated/α-hetero) is 1. The molecule has 0 aliphatic carbocycles. The molecule has 2 aromatic rings. The number of hydrogen-bond acceptors (Lipinski definition) is 3. The Labute approximate surface area is 136 Å². The van der Waals surface area contributed by atoms with Crippen LogP contribution in [0.25, 0.3) is 0 Å². The van der Waals surface area contributed by atoms with Gasteiger partial charge in [0.25, 0.3) is 5.91 Å². The third-order valence-corrected chi connectivity index (χ3v) is 3.79. The largest absolute Gasteiger partial charge is 0.508 e. The number of phenols is 1. The van der Waals surface area contributed by atoms with Crippen LogP contribution in [0, 0.1) is 6.92 Å². The van der Waals surface area contributed by atoms with Crippen molar-refractivity contribution in [1.82, 2.24) is 0 Å². The lowest BCUT2D eigenvalue weighted by atomic mass is 9.98.